The number of rotatable bonds is 4. The molecule has 0 aromatic heterocycles. The maximum absolute atomic E-state index is 13.0. The summed E-state index contributed by atoms with van der Waals surface area (Å²) in [7, 11) is 0. The highest BCUT2D eigenvalue weighted by molar-refractivity contribution is 14.1. The van der Waals surface area contributed by atoms with Crippen molar-refractivity contribution in [3.05, 3.63) is 59.5 Å². The third-order valence-electron chi connectivity index (χ3n) is 4.11. The molecule has 0 aliphatic carbocycles. The summed E-state index contributed by atoms with van der Waals surface area (Å²) in [6.45, 7) is 1.72. The number of carbonyl (C=O) groups excluding carboxylic acids is 3. The summed E-state index contributed by atoms with van der Waals surface area (Å²) in [6.07, 6.45) is 1.41. The van der Waals surface area contributed by atoms with Gasteiger partial charge in [0.1, 0.15) is 17.4 Å². The fourth-order valence-electron chi connectivity index (χ4n) is 2.73. The van der Waals surface area contributed by atoms with Crippen LogP contribution in [-0.4, -0.2) is 24.5 Å². The molecule has 7 nitrogen and oxygen atoms in total. The van der Waals surface area contributed by atoms with E-state index >= 15 is 0 Å². The first-order valence-corrected chi connectivity index (χ1v) is 11.1. The Kier molecular flexibility index (Phi) is 6.95. The number of halogens is 3. The number of nitrogens with one attached hydrogen (secondary N) is 1. The van der Waals surface area contributed by atoms with Gasteiger partial charge in [0.15, 0.2) is 6.61 Å². The van der Waals surface area contributed by atoms with Crippen molar-refractivity contribution in [3.63, 3.8) is 0 Å². The number of nitrogens with zero attached hydrogens (tertiary/aromatic N) is 2. The van der Waals surface area contributed by atoms with Gasteiger partial charge >= 0.3 is 6.03 Å². The van der Waals surface area contributed by atoms with Gasteiger partial charge in [0, 0.05) is 4.47 Å². The van der Waals surface area contributed by atoms with E-state index in [1.54, 1.807) is 30.3 Å². The minimum Gasteiger partial charge on any atom is -0.476 e. The molecule has 0 saturated carbocycles. The van der Waals surface area contributed by atoms with Crippen molar-refractivity contribution in [3.8, 4) is 11.8 Å². The van der Waals surface area contributed by atoms with Crippen LogP contribution >= 0.6 is 54.5 Å². The van der Waals surface area contributed by atoms with Gasteiger partial charge in [0.2, 0.25) is 0 Å². The van der Waals surface area contributed by atoms with E-state index in [-0.39, 0.29) is 12.2 Å². The molecule has 2 aromatic rings. The van der Waals surface area contributed by atoms with E-state index in [2.05, 4.69) is 37.2 Å². The fraction of sp³-hybridized carbons (Fsp3) is 0.100. The van der Waals surface area contributed by atoms with Crippen molar-refractivity contribution in [2.45, 2.75) is 6.92 Å². The molecule has 1 heterocycles. The Morgan fingerprint density at radius 3 is 2.57 bits per heavy atom. The largest absolute Gasteiger partial charge is 0.476 e. The number of barbiturate groups is 1. The minimum absolute atomic E-state index is 0.112. The van der Waals surface area contributed by atoms with E-state index < -0.39 is 17.8 Å². The number of aryl methyl sites for hydroxylation is 1. The van der Waals surface area contributed by atoms with Gasteiger partial charge < -0.3 is 4.74 Å². The van der Waals surface area contributed by atoms with Crippen LogP contribution in [0.1, 0.15) is 11.1 Å². The second-order valence-electron chi connectivity index (χ2n) is 6.15. The van der Waals surface area contributed by atoms with Crippen LogP contribution in [0.3, 0.4) is 0 Å². The second-order valence-corrected chi connectivity index (χ2v) is 9.02. The Morgan fingerprint density at radius 2 is 1.93 bits per heavy atom. The standard InChI is InChI=1S/C20H12Br2IN3O4/c1-10-6-12(2-3-14(10)21)26-19(28)13(18(27)25-20(26)29)7-11-8-15(22)17(16(23)9-11)30-5-4-24/h2-3,6-9H,5H2,1H3,(H,25,27,29)/b13-7+. The number of ether oxygens (including phenoxy) is 1. The monoisotopic (exact) mass is 643 g/mol. The molecule has 1 saturated heterocycles. The Morgan fingerprint density at radius 1 is 1.20 bits per heavy atom. The van der Waals surface area contributed by atoms with Crippen LogP contribution in [0.4, 0.5) is 10.5 Å². The van der Waals surface area contributed by atoms with E-state index in [0.717, 1.165) is 14.9 Å². The molecule has 3 rings (SSSR count). The molecule has 30 heavy (non-hydrogen) atoms. The molecule has 0 radical (unpaired) electrons. The van der Waals surface area contributed by atoms with Crippen LogP contribution in [-0.2, 0) is 9.59 Å². The summed E-state index contributed by atoms with van der Waals surface area (Å²) in [5.74, 6) is -1.01. The van der Waals surface area contributed by atoms with E-state index in [1.165, 1.54) is 6.08 Å². The first-order chi connectivity index (χ1) is 14.2. The predicted molar refractivity (Wildman–Crippen MR) is 126 cm³/mol. The first-order valence-electron chi connectivity index (χ1n) is 8.39. The lowest BCUT2D eigenvalue weighted by molar-refractivity contribution is -0.122. The third-order valence-corrected chi connectivity index (χ3v) is 6.39. The van der Waals surface area contributed by atoms with Crippen molar-refractivity contribution < 1.29 is 19.1 Å². The Labute approximate surface area is 202 Å². The number of urea groups is 1. The van der Waals surface area contributed by atoms with Crippen molar-refractivity contribution in [2.24, 2.45) is 0 Å². The van der Waals surface area contributed by atoms with Gasteiger partial charge in [-0.3, -0.25) is 14.9 Å². The molecule has 1 aliphatic heterocycles. The zero-order chi connectivity index (χ0) is 22.0. The zero-order valence-corrected chi connectivity index (χ0v) is 20.7. The number of amides is 4. The SMILES string of the molecule is Cc1cc(N2C(=O)NC(=O)/C(=C\c3cc(Br)c(OCC#N)c(I)c3)C2=O)ccc1Br. The van der Waals surface area contributed by atoms with Crippen LogP contribution in [0.5, 0.6) is 5.75 Å². The molecule has 1 aliphatic rings. The molecular formula is C20H12Br2IN3O4. The smallest absolute Gasteiger partial charge is 0.335 e. The van der Waals surface area contributed by atoms with Gasteiger partial charge in [0.25, 0.3) is 11.8 Å². The molecule has 4 amide bonds. The topological polar surface area (TPSA) is 99.5 Å². The summed E-state index contributed by atoms with van der Waals surface area (Å²) in [5.41, 5.74) is 1.56. The van der Waals surface area contributed by atoms with E-state index in [1.807, 2.05) is 35.6 Å². The Hall–Kier alpha value is -2.23. The molecule has 0 spiro atoms. The van der Waals surface area contributed by atoms with Gasteiger partial charge in [-0.15, -0.1) is 0 Å². The number of imide groups is 2. The van der Waals surface area contributed by atoms with Crippen molar-refractivity contribution in [1.29, 1.82) is 5.26 Å². The van der Waals surface area contributed by atoms with Crippen molar-refractivity contribution in [1.82, 2.24) is 5.32 Å². The molecule has 0 atom stereocenters. The normalized spacial score (nSPS) is 15.2. The van der Waals surface area contributed by atoms with Gasteiger partial charge in [-0.25, -0.2) is 9.69 Å². The maximum Gasteiger partial charge on any atom is 0.335 e. The first kappa shape index (κ1) is 22.5. The molecule has 0 bridgehead atoms. The van der Waals surface area contributed by atoms with Gasteiger partial charge in [-0.05, 0) is 93.0 Å². The number of hydrogen-bond donors (Lipinski definition) is 1. The summed E-state index contributed by atoms with van der Waals surface area (Å²) in [5, 5.41) is 10.9. The van der Waals surface area contributed by atoms with Crippen molar-refractivity contribution in [2.75, 3.05) is 11.5 Å². The molecule has 152 valence electrons. The summed E-state index contributed by atoms with van der Waals surface area (Å²) >= 11 is 8.79. The summed E-state index contributed by atoms with van der Waals surface area (Å²) in [6, 6.07) is 9.47. The predicted octanol–water partition coefficient (Wildman–Crippen LogP) is 4.69. The highest BCUT2D eigenvalue weighted by atomic mass is 127. The van der Waals surface area contributed by atoms with E-state index in [9.17, 15) is 14.4 Å². The molecule has 1 N–H and O–H groups in total. The van der Waals surface area contributed by atoms with Crippen LogP contribution in [0.25, 0.3) is 6.08 Å². The van der Waals surface area contributed by atoms with Gasteiger partial charge in [-0.1, -0.05) is 15.9 Å². The Bertz CT molecular complexity index is 1130. The van der Waals surface area contributed by atoms with Crippen LogP contribution in [0.2, 0.25) is 0 Å². The van der Waals surface area contributed by atoms with Gasteiger partial charge in [-0.2, -0.15) is 5.26 Å². The van der Waals surface area contributed by atoms with E-state index in [4.69, 9.17) is 10.00 Å². The lowest BCUT2D eigenvalue weighted by Crippen LogP contribution is -2.54. The average Bonchev–Trinajstić information content (AvgIpc) is 2.67. The highest BCUT2D eigenvalue weighted by Gasteiger charge is 2.37. The van der Waals surface area contributed by atoms with Gasteiger partial charge in [0.05, 0.1) is 13.7 Å². The lowest BCUT2D eigenvalue weighted by Gasteiger charge is -2.26. The minimum atomic E-state index is -0.806. The van der Waals surface area contributed by atoms with E-state index in [0.29, 0.717) is 25.0 Å². The number of nitriles is 1. The molecule has 2 aromatic carbocycles. The highest BCUT2D eigenvalue weighted by Crippen LogP contribution is 2.33. The fourth-order valence-corrected chi connectivity index (χ4v) is 4.75. The molecule has 0 unspecified atom stereocenters. The number of carbonyl (C=O) groups is 3. The van der Waals surface area contributed by atoms with Crippen molar-refractivity contribution >= 4 is 84.1 Å². The zero-order valence-electron chi connectivity index (χ0n) is 15.3. The quantitative estimate of drug-likeness (QED) is 0.296. The average molecular weight is 645 g/mol. The number of hydrogen-bond acceptors (Lipinski definition) is 5. The second kappa shape index (κ2) is 9.28. The summed E-state index contributed by atoms with van der Waals surface area (Å²) < 4.78 is 7.46. The maximum atomic E-state index is 13.0. The Balaban J connectivity index is 2.00. The van der Waals surface area contributed by atoms with Crippen LogP contribution in [0.15, 0.2) is 44.9 Å². The number of benzene rings is 2. The molecular weight excluding hydrogens is 633 g/mol. The lowest BCUT2D eigenvalue weighted by atomic mass is 10.1. The number of anilines is 1. The molecule has 10 heteroatoms. The third kappa shape index (κ3) is 4.58. The van der Waals surface area contributed by atoms with Crippen LogP contribution < -0.4 is 15.0 Å². The van der Waals surface area contributed by atoms with Crippen LogP contribution in [0, 0.1) is 21.8 Å². The molecule has 1 fully saturated rings. The summed E-state index contributed by atoms with van der Waals surface area (Å²) in [4.78, 5) is 38.7.